The van der Waals surface area contributed by atoms with E-state index in [1.807, 2.05) is 47.1 Å². The Hall–Kier alpha value is -2.95. The third kappa shape index (κ3) is 2.50. The molecule has 0 fully saturated rings. The number of methoxy groups -OCH3 is 1. The van der Waals surface area contributed by atoms with Gasteiger partial charge in [0.2, 0.25) is 5.95 Å². The minimum absolute atomic E-state index is 0.114. The molecule has 5 nitrogen and oxygen atoms in total. The summed E-state index contributed by atoms with van der Waals surface area (Å²) in [5, 5.41) is 4.35. The van der Waals surface area contributed by atoms with E-state index in [1.165, 1.54) is 5.56 Å². The van der Waals surface area contributed by atoms with Crippen molar-refractivity contribution < 1.29 is 4.74 Å². The van der Waals surface area contributed by atoms with Crippen LogP contribution in [-0.2, 0) is 0 Å². The highest BCUT2D eigenvalue weighted by Gasteiger charge is 2.25. The van der Waals surface area contributed by atoms with Crippen LogP contribution >= 0.6 is 0 Å². The standard InChI is InChI=1S/C18H16N4O/c1-23-15-9-7-13(8-10-15)16-11-17(14-5-3-2-4-6-14)22-18(21-16)19-12-20-22/h2-10,12,17H,11H2,1H3. The highest BCUT2D eigenvalue weighted by Crippen LogP contribution is 2.32. The highest BCUT2D eigenvalue weighted by molar-refractivity contribution is 6.02. The van der Waals surface area contributed by atoms with Crippen LogP contribution in [0.2, 0.25) is 0 Å². The summed E-state index contributed by atoms with van der Waals surface area (Å²) in [5.41, 5.74) is 3.31. The quantitative estimate of drug-likeness (QED) is 0.745. The summed E-state index contributed by atoms with van der Waals surface area (Å²) in [4.78, 5) is 8.95. The lowest BCUT2D eigenvalue weighted by Gasteiger charge is -2.23. The molecule has 1 atom stereocenters. The Morgan fingerprint density at radius 2 is 1.83 bits per heavy atom. The number of nitrogens with zero attached hydrogens (tertiary/aromatic N) is 4. The van der Waals surface area contributed by atoms with Gasteiger partial charge in [0.05, 0.1) is 18.9 Å². The van der Waals surface area contributed by atoms with E-state index in [4.69, 9.17) is 4.74 Å². The number of aromatic nitrogens is 3. The largest absolute Gasteiger partial charge is 0.497 e. The minimum atomic E-state index is 0.114. The van der Waals surface area contributed by atoms with E-state index >= 15 is 0 Å². The Morgan fingerprint density at radius 3 is 2.57 bits per heavy atom. The lowest BCUT2D eigenvalue weighted by molar-refractivity contribution is 0.415. The van der Waals surface area contributed by atoms with Crippen molar-refractivity contribution >= 4 is 11.7 Å². The van der Waals surface area contributed by atoms with Gasteiger partial charge in [-0.05, 0) is 35.4 Å². The van der Waals surface area contributed by atoms with Crippen molar-refractivity contribution in [3.05, 3.63) is 72.1 Å². The second-order valence-corrected chi connectivity index (χ2v) is 5.42. The maximum Gasteiger partial charge on any atom is 0.248 e. The van der Waals surface area contributed by atoms with Gasteiger partial charge in [0.25, 0.3) is 0 Å². The zero-order chi connectivity index (χ0) is 15.6. The van der Waals surface area contributed by atoms with Crippen molar-refractivity contribution in [2.45, 2.75) is 12.5 Å². The van der Waals surface area contributed by atoms with Gasteiger partial charge in [-0.15, -0.1) is 0 Å². The first-order valence-corrected chi connectivity index (χ1v) is 7.51. The van der Waals surface area contributed by atoms with Crippen LogP contribution in [0.25, 0.3) is 0 Å². The van der Waals surface area contributed by atoms with E-state index in [-0.39, 0.29) is 6.04 Å². The van der Waals surface area contributed by atoms with Crippen molar-refractivity contribution in [3.63, 3.8) is 0 Å². The molecule has 0 aliphatic carbocycles. The predicted octanol–water partition coefficient (Wildman–Crippen LogP) is 3.40. The zero-order valence-corrected chi connectivity index (χ0v) is 12.8. The molecule has 0 spiro atoms. The minimum Gasteiger partial charge on any atom is -0.497 e. The Bertz CT molecular complexity index is 837. The number of aliphatic imine (C=N–C) groups is 1. The van der Waals surface area contributed by atoms with Gasteiger partial charge in [0.1, 0.15) is 12.1 Å². The molecule has 1 aliphatic rings. The Balaban J connectivity index is 1.75. The van der Waals surface area contributed by atoms with Gasteiger partial charge in [-0.1, -0.05) is 30.3 Å². The summed E-state index contributed by atoms with van der Waals surface area (Å²) in [6.45, 7) is 0. The molecule has 3 aromatic rings. The first kappa shape index (κ1) is 13.7. The number of ether oxygens (including phenoxy) is 1. The Morgan fingerprint density at radius 1 is 1.04 bits per heavy atom. The number of hydrogen-bond acceptors (Lipinski definition) is 4. The van der Waals surface area contributed by atoms with Crippen molar-refractivity contribution in [1.29, 1.82) is 0 Å². The van der Waals surface area contributed by atoms with Gasteiger partial charge in [-0.2, -0.15) is 10.1 Å². The number of rotatable bonds is 3. The molecule has 1 unspecified atom stereocenters. The average Bonchev–Trinajstić information content (AvgIpc) is 3.10. The average molecular weight is 304 g/mol. The molecule has 1 aromatic heterocycles. The Kier molecular flexibility index (Phi) is 3.38. The molecule has 2 aromatic carbocycles. The summed E-state index contributed by atoms with van der Waals surface area (Å²) in [7, 11) is 1.67. The third-order valence-electron chi connectivity index (χ3n) is 4.08. The first-order valence-electron chi connectivity index (χ1n) is 7.51. The predicted molar refractivity (Wildman–Crippen MR) is 88.4 cm³/mol. The summed E-state index contributed by atoms with van der Waals surface area (Å²) in [6, 6.07) is 18.4. The molecule has 0 saturated carbocycles. The summed E-state index contributed by atoms with van der Waals surface area (Å²) in [6.07, 6.45) is 2.35. The fraction of sp³-hybridized carbons (Fsp3) is 0.167. The fourth-order valence-electron chi connectivity index (χ4n) is 2.88. The molecule has 0 N–H and O–H groups in total. The maximum atomic E-state index is 5.22. The van der Waals surface area contributed by atoms with Gasteiger partial charge in [-0.3, -0.25) is 0 Å². The van der Waals surface area contributed by atoms with Crippen molar-refractivity contribution in [1.82, 2.24) is 14.8 Å². The summed E-state index contributed by atoms with van der Waals surface area (Å²) >= 11 is 0. The second kappa shape index (κ2) is 5.68. The van der Waals surface area contributed by atoms with Crippen molar-refractivity contribution in [2.24, 2.45) is 4.99 Å². The van der Waals surface area contributed by atoms with Crippen molar-refractivity contribution in [3.8, 4) is 5.75 Å². The SMILES string of the molecule is COc1ccc(C2=Nc3ncnn3C(c3ccccc3)C2)cc1. The van der Waals surface area contributed by atoms with Crippen LogP contribution in [0.15, 0.2) is 65.9 Å². The lowest BCUT2D eigenvalue weighted by atomic mass is 9.96. The van der Waals surface area contributed by atoms with Gasteiger partial charge < -0.3 is 4.74 Å². The fourth-order valence-corrected chi connectivity index (χ4v) is 2.88. The third-order valence-corrected chi connectivity index (χ3v) is 4.08. The van der Waals surface area contributed by atoms with Gasteiger partial charge in [-0.25, -0.2) is 9.67 Å². The molecule has 0 saturated heterocycles. The molecule has 4 rings (SSSR count). The van der Waals surface area contributed by atoms with Crippen molar-refractivity contribution in [2.75, 3.05) is 7.11 Å². The molecule has 5 heteroatoms. The van der Waals surface area contributed by atoms with E-state index < -0.39 is 0 Å². The van der Waals surface area contributed by atoms with E-state index in [0.29, 0.717) is 5.95 Å². The maximum absolute atomic E-state index is 5.22. The first-order chi connectivity index (χ1) is 11.3. The van der Waals surface area contributed by atoms with E-state index in [2.05, 4.69) is 27.2 Å². The van der Waals surface area contributed by atoms with E-state index in [9.17, 15) is 0 Å². The van der Waals surface area contributed by atoms with Crippen LogP contribution in [0.4, 0.5) is 5.95 Å². The van der Waals surface area contributed by atoms with Crippen LogP contribution in [0, 0.1) is 0 Å². The normalized spacial score (nSPS) is 16.6. The molecular weight excluding hydrogens is 288 g/mol. The van der Waals surface area contributed by atoms with Crippen LogP contribution in [-0.4, -0.2) is 27.6 Å². The second-order valence-electron chi connectivity index (χ2n) is 5.42. The molecule has 0 amide bonds. The van der Waals surface area contributed by atoms with Crippen LogP contribution in [0.5, 0.6) is 5.75 Å². The molecule has 23 heavy (non-hydrogen) atoms. The van der Waals surface area contributed by atoms with E-state index in [0.717, 1.165) is 23.4 Å². The van der Waals surface area contributed by atoms with Crippen LogP contribution in [0.1, 0.15) is 23.6 Å². The summed E-state index contributed by atoms with van der Waals surface area (Å²) < 4.78 is 7.12. The van der Waals surface area contributed by atoms with E-state index in [1.54, 1.807) is 13.4 Å². The number of benzene rings is 2. The van der Waals surface area contributed by atoms with Gasteiger partial charge >= 0.3 is 0 Å². The molecule has 0 radical (unpaired) electrons. The number of hydrogen-bond donors (Lipinski definition) is 0. The monoisotopic (exact) mass is 304 g/mol. The highest BCUT2D eigenvalue weighted by atomic mass is 16.5. The molecule has 0 bridgehead atoms. The molecular formula is C18H16N4O. The lowest BCUT2D eigenvalue weighted by Crippen LogP contribution is -2.21. The molecule has 2 heterocycles. The van der Waals surface area contributed by atoms with Crippen LogP contribution < -0.4 is 4.74 Å². The Labute approximate surface area is 134 Å². The summed E-state index contributed by atoms with van der Waals surface area (Å²) in [5.74, 6) is 1.49. The van der Waals surface area contributed by atoms with Crippen LogP contribution in [0.3, 0.4) is 0 Å². The zero-order valence-electron chi connectivity index (χ0n) is 12.8. The molecule has 1 aliphatic heterocycles. The molecule has 114 valence electrons. The van der Waals surface area contributed by atoms with Gasteiger partial charge in [0.15, 0.2) is 0 Å². The number of fused-ring (bicyclic) bond motifs is 1. The smallest absolute Gasteiger partial charge is 0.248 e. The topological polar surface area (TPSA) is 52.3 Å². The van der Waals surface area contributed by atoms with Gasteiger partial charge in [0, 0.05) is 6.42 Å².